The SMILES string of the molecule is OC(CCc1ccc(Cl)cc1)C1CCCC1. The van der Waals surface area contributed by atoms with Crippen molar-refractivity contribution in [2.24, 2.45) is 5.92 Å². The molecule has 1 unspecified atom stereocenters. The van der Waals surface area contributed by atoms with Crippen molar-refractivity contribution in [2.75, 3.05) is 0 Å². The monoisotopic (exact) mass is 238 g/mol. The van der Waals surface area contributed by atoms with Gasteiger partial charge < -0.3 is 5.11 Å². The number of aryl methyl sites for hydroxylation is 1. The van der Waals surface area contributed by atoms with Gasteiger partial charge in [-0.15, -0.1) is 0 Å². The fourth-order valence-electron chi connectivity index (χ4n) is 2.54. The van der Waals surface area contributed by atoms with E-state index in [4.69, 9.17) is 11.6 Å². The smallest absolute Gasteiger partial charge is 0.0571 e. The Balaban J connectivity index is 1.80. The normalized spacial score (nSPS) is 18.9. The molecule has 0 aliphatic heterocycles. The summed E-state index contributed by atoms with van der Waals surface area (Å²) in [6.07, 6.45) is 6.73. The van der Waals surface area contributed by atoms with Crippen molar-refractivity contribution < 1.29 is 5.11 Å². The molecule has 1 atom stereocenters. The standard InChI is InChI=1S/C14H19ClO/c15-13-8-5-11(6-9-13)7-10-14(16)12-3-1-2-4-12/h5-6,8-9,12,14,16H,1-4,7,10H2. The molecular weight excluding hydrogens is 220 g/mol. The van der Waals surface area contributed by atoms with Crippen LogP contribution in [-0.4, -0.2) is 11.2 Å². The summed E-state index contributed by atoms with van der Waals surface area (Å²) >= 11 is 5.83. The minimum Gasteiger partial charge on any atom is -0.393 e. The Morgan fingerprint density at radius 2 is 1.81 bits per heavy atom. The van der Waals surface area contributed by atoms with Gasteiger partial charge in [0.15, 0.2) is 0 Å². The predicted octanol–water partition coefficient (Wildman–Crippen LogP) is 3.82. The Labute approximate surface area is 102 Å². The maximum Gasteiger partial charge on any atom is 0.0571 e. The summed E-state index contributed by atoms with van der Waals surface area (Å²) in [5.74, 6) is 0.548. The minimum atomic E-state index is -0.113. The van der Waals surface area contributed by atoms with Crippen LogP contribution < -0.4 is 0 Å². The largest absolute Gasteiger partial charge is 0.393 e. The zero-order valence-corrected chi connectivity index (χ0v) is 10.3. The third-order valence-corrected chi connectivity index (χ3v) is 3.84. The van der Waals surface area contributed by atoms with E-state index in [1.165, 1.54) is 31.2 Å². The lowest BCUT2D eigenvalue weighted by Crippen LogP contribution is -2.18. The summed E-state index contributed by atoms with van der Waals surface area (Å²) in [6.45, 7) is 0. The number of hydrogen-bond donors (Lipinski definition) is 1. The van der Waals surface area contributed by atoms with Crippen molar-refractivity contribution in [3.05, 3.63) is 34.9 Å². The summed E-state index contributed by atoms with van der Waals surface area (Å²) in [5, 5.41) is 10.8. The predicted molar refractivity (Wildman–Crippen MR) is 67.7 cm³/mol. The van der Waals surface area contributed by atoms with Gasteiger partial charge in [-0.25, -0.2) is 0 Å². The second-order valence-corrected chi connectivity index (χ2v) is 5.21. The third-order valence-electron chi connectivity index (χ3n) is 3.59. The van der Waals surface area contributed by atoms with Gasteiger partial charge in [0.1, 0.15) is 0 Å². The van der Waals surface area contributed by atoms with Crippen LogP contribution in [0.1, 0.15) is 37.7 Å². The Morgan fingerprint density at radius 1 is 1.19 bits per heavy atom. The third kappa shape index (κ3) is 3.23. The van der Waals surface area contributed by atoms with E-state index in [2.05, 4.69) is 0 Å². The molecule has 0 saturated heterocycles. The van der Waals surface area contributed by atoms with Crippen LogP contribution in [0.25, 0.3) is 0 Å². The fourth-order valence-corrected chi connectivity index (χ4v) is 2.67. The summed E-state index contributed by atoms with van der Waals surface area (Å²) in [5.41, 5.74) is 1.27. The molecule has 1 aromatic carbocycles. The lowest BCUT2D eigenvalue weighted by molar-refractivity contribution is 0.102. The zero-order valence-electron chi connectivity index (χ0n) is 9.53. The Bertz CT molecular complexity index is 314. The first kappa shape index (κ1) is 11.9. The van der Waals surface area contributed by atoms with Crippen molar-refractivity contribution in [2.45, 2.75) is 44.6 Å². The van der Waals surface area contributed by atoms with E-state index in [1.807, 2.05) is 24.3 Å². The highest BCUT2D eigenvalue weighted by Crippen LogP contribution is 2.29. The van der Waals surface area contributed by atoms with E-state index in [0.29, 0.717) is 5.92 Å². The molecule has 1 saturated carbocycles. The van der Waals surface area contributed by atoms with Gasteiger partial charge in [-0.2, -0.15) is 0 Å². The van der Waals surface area contributed by atoms with Crippen LogP contribution in [0.2, 0.25) is 5.02 Å². The molecule has 2 heteroatoms. The first-order valence-corrected chi connectivity index (χ1v) is 6.56. The molecule has 0 spiro atoms. The second-order valence-electron chi connectivity index (χ2n) is 4.78. The lowest BCUT2D eigenvalue weighted by atomic mass is 9.95. The maximum atomic E-state index is 10.0. The van der Waals surface area contributed by atoms with Crippen molar-refractivity contribution in [1.82, 2.24) is 0 Å². The molecule has 1 aromatic rings. The van der Waals surface area contributed by atoms with Crippen LogP contribution in [0.4, 0.5) is 0 Å². The highest BCUT2D eigenvalue weighted by molar-refractivity contribution is 6.30. The molecule has 0 amide bonds. The van der Waals surface area contributed by atoms with Crippen LogP contribution in [-0.2, 0) is 6.42 Å². The zero-order chi connectivity index (χ0) is 11.4. The highest BCUT2D eigenvalue weighted by Gasteiger charge is 2.22. The van der Waals surface area contributed by atoms with Crippen molar-refractivity contribution in [1.29, 1.82) is 0 Å². The molecule has 0 heterocycles. The molecule has 1 aliphatic rings. The molecule has 0 radical (unpaired) electrons. The first-order chi connectivity index (χ1) is 7.75. The van der Waals surface area contributed by atoms with E-state index in [-0.39, 0.29) is 6.10 Å². The molecule has 0 aromatic heterocycles. The maximum absolute atomic E-state index is 10.0. The minimum absolute atomic E-state index is 0.113. The van der Waals surface area contributed by atoms with Gasteiger partial charge in [-0.3, -0.25) is 0 Å². The average molecular weight is 239 g/mol. The van der Waals surface area contributed by atoms with Crippen molar-refractivity contribution in [3.63, 3.8) is 0 Å². The summed E-state index contributed by atoms with van der Waals surface area (Å²) < 4.78 is 0. The van der Waals surface area contributed by atoms with Crippen molar-refractivity contribution in [3.8, 4) is 0 Å². The molecule has 1 fully saturated rings. The summed E-state index contributed by atoms with van der Waals surface area (Å²) in [4.78, 5) is 0. The Hall–Kier alpha value is -0.530. The quantitative estimate of drug-likeness (QED) is 0.846. The molecule has 2 rings (SSSR count). The van der Waals surface area contributed by atoms with Crippen molar-refractivity contribution >= 4 is 11.6 Å². The molecule has 0 bridgehead atoms. The number of aliphatic hydroxyl groups is 1. The number of hydrogen-bond acceptors (Lipinski definition) is 1. The molecule has 1 N–H and O–H groups in total. The molecule has 16 heavy (non-hydrogen) atoms. The van der Waals surface area contributed by atoms with Gasteiger partial charge in [0.05, 0.1) is 6.10 Å². The molecule has 88 valence electrons. The van der Waals surface area contributed by atoms with Crippen LogP contribution >= 0.6 is 11.6 Å². The van der Waals surface area contributed by atoms with Crippen LogP contribution in [0.3, 0.4) is 0 Å². The van der Waals surface area contributed by atoms with Gasteiger partial charge in [-0.1, -0.05) is 36.6 Å². The van der Waals surface area contributed by atoms with E-state index in [0.717, 1.165) is 17.9 Å². The van der Waals surface area contributed by atoms with Crippen LogP contribution in [0, 0.1) is 5.92 Å². The van der Waals surface area contributed by atoms with E-state index in [9.17, 15) is 5.11 Å². The van der Waals surface area contributed by atoms with Crippen LogP contribution in [0.15, 0.2) is 24.3 Å². The number of aliphatic hydroxyl groups excluding tert-OH is 1. The molecule has 1 aliphatic carbocycles. The highest BCUT2D eigenvalue weighted by atomic mass is 35.5. The fraction of sp³-hybridized carbons (Fsp3) is 0.571. The Kier molecular flexibility index (Phi) is 4.25. The summed E-state index contributed by atoms with van der Waals surface area (Å²) in [7, 11) is 0. The van der Waals surface area contributed by atoms with Crippen LogP contribution in [0.5, 0.6) is 0 Å². The first-order valence-electron chi connectivity index (χ1n) is 6.18. The van der Waals surface area contributed by atoms with E-state index in [1.54, 1.807) is 0 Å². The van der Waals surface area contributed by atoms with Gasteiger partial charge in [0.2, 0.25) is 0 Å². The molecule has 1 nitrogen and oxygen atoms in total. The second kappa shape index (κ2) is 5.70. The Morgan fingerprint density at radius 3 is 2.44 bits per heavy atom. The van der Waals surface area contributed by atoms with Gasteiger partial charge in [-0.05, 0) is 49.3 Å². The average Bonchev–Trinajstić information content (AvgIpc) is 2.81. The van der Waals surface area contributed by atoms with E-state index >= 15 is 0 Å². The lowest BCUT2D eigenvalue weighted by Gasteiger charge is -2.17. The van der Waals surface area contributed by atoms with Gasteiger partial charge in [0.25, 0.3) is 0 Å². The summed E-state index contributed by atoms with van der Waals surface area (Å²) in [6, 6.07) is 7.92. The van der Waals surface area contributed by atoms with E-state index < -0.39 is 0 Å². The number of benzene rings is 1. The van der Waals surface area contributed by atoms with Gasteiger partial charge >= 0.3 is 0 Å². The molecular formula is C14H19ClO. The van der Waals surface area contributed by atoms with Gasteiger partial charge in [0, 0.05) is 5.02 Å². The number of halogens is 1. The topological polar surface area (TPSA) is 20.2 Å². The number of rotatable bonds is 4.